The average Bonchev–Trinajstić information content (AvgIpc) is 2.63. The minimum Gasteiger partial charge on any atom is -0.501 e. The SMILES string of the molecule is C[CH2][Al]([CH2]C)[O]CCC(C)(C)OC.C[CH2][Al]([CH2]C)[O]CCC(C)(C)OC. The van der Waals surface area contributed by atoms with Gasteiger partial charge in [0.25, 0.3) is 0 Å². The van der Waals surface area contributed by atoms with Crippen molar-refractivity contribution < 1.29 is 17.1 Å². The maximum atomic E-state index is 5.84. The van der Waals surface area contributed by atoms with Gasteiger partial charge in [0.15, 0.2) is 0 Å². The fourth-order valence-corrected chi connectivity index (χ4v) is 5.20. The van der Waals surface area contributed by atoms with Gasteiger partial charge in [0.2, 0.25) is 0 Å². The molecule has 0 aliphatic rings. The fourth-order valence-electron chi connectivity index (χ4n) is 2.20. The van der Waals surface area contributed by atoms with Gasteiger partial charge in [-0.1, -0.05) is 48.8 Å². The lowest BCUT2D eigenvalue weighted by Crippen LogP contribution is -2.26. The van der Waals surface area contributed by atoms with Crippen molar-refractivity contribution >= 4 is 29.0 Å². The first-order chi connectivity index (χ1) is 12.1. The van der Waals surface area contributed by atoms with E-state index in [1.54, 1.807) is 14.2 Å². The van der Waals surface area contributed by atoms with E-state index in [0.717, 1.165) is 26.1 Å². The van der Waals surface area contributed by atoms with Crippen molar-refractivity contribution in [3.05, 3.63) is 0 Å². The van der Waals surface area contributed by atoms with Gasteiger partial charge in [-0.3, -0.25) is 0 Å². The number of rotatable bonds is 14. The summed E-state index contributed by atoms with van der Waals surface area (Å²) < 4.78 is 22.3. The molecule has 0 aliphatic heterocycles. The van der Waals surface area contributed by atoms with Gasteiger partial charge in [-0.15, -0.1) is 0 Å². The maximum absolute atomic E-state index is 5.84. The summed E-state index contributed by atoms with van der Waals surface area (Å²) in [5.41, 5.74) is -0.0547. The van der Waals surface area contributed by atoms with Crippen LogP contribution in [0.5, 0.6) is 0 Å². The van der Waals surface area contributed by atoms with Crippen LogP contribution in [0.3, 0.4) is 0 Å². The Labute approximate surface area is 173 Å². The van der Waals surface area contributed by atoms with E-state index in [1.807, 2.05) is 0 Å². The Morgan fingerprint density at radius 3 is 1.04 bits per heavy atom. The molecule has 4 nitrogen and oxygen atoms in total. The Bertz CT molecular complexity index is 274. The van der Waals surface area contributed by atoms with Gasteiger partial charge in [-0.05, 0) is 40.5 Å². The predicted molar refractivity (Wildman–Crippen MR) is 117 cm³/mol. The third-order valence-electron chi connectivity index (χ3n) is 5.04. The number of methoxy groups -OCH3 is 2. The number of ether oxygens (including phenoxy) is 2. The first-order valence-corrected chi connectivity index (χ1v) is 14.7. The molecule has 0 heterocycles. The lowest BCUT2D eigenvalue weighted by Gasteiger charge is -2.23. The van der Waals surface area contributed by atoms with Crippen molar-refractivity contribution in [2.75, 3.05) is 27.4 Å². The second kappa shape index (κ2) is 16.8. The first kappa shape index (κ1) is 29.1. The monoisotopic (exact) mass is 404 g/mol. The highest BCUT2D eigenvalue weighted by Gasteiger charge is 2.20. The molecule has 0 bridgehead atoms. The second-order valence-electron chi connectivity index (χ2n) is 8.05. The fraction of sp³-hybridized carbons (Fsp3) is 1.00. The molecule has 0 fully saturated rings. The predicted octanol–water partition coefficient (Wildman–Crippen LogP) is 5.70. The zero-order valence-electron chi connectivity index (χ0n) is 19.4. The highest BCUT2D eigenvalue weighted by atomic mass is 27.2. The standard InChI is InChI=1S/2C6H13O2.4C2H5.2Al/c2*1-6(2,8-3)4-5-7;4*1-2;;/h2*4-5H2,1-3H3;4*1H2,2H3;;/q2*-1;;;;;2*+1. The van der Waals surface area contributed by atoms with Crippen LogP contribution in [0.15, 0.2) is 0 Å². The largest absolute Gasteiger partial charge is 0.501 e. The highest BCUT2D eigenvalue weighted by molar-refractivity contribution is 6.51. The molecule has 6 heteroatoms. The van der Waals surface area contributed by atoms with E-state index in [0.29, 0.717) is 0 Å². The molecular formula is C20H46Al2O4. The van der Waals surface area contributed by atoms with Crippen LogP contribution in [-0.2, 0) is 17.1 Å². The smallest absolute Gasteiger partial charge is 0.460 e. The zero-order valence-corrected chi connectivity index (χ0v) is 21.8. The topological polar surface area (TPSA) is 36.9 Å². The van der Waals surface area contributed by atoms with E-state index >= 15 is 0 Å². The molecule has 0 spiro atoms. The molecule has 0 saturated carbocycles. The van der Waals surface area contributed by atoms with Gasteiger partial charge >= 0.3 is 29.0 Å². The normalized spacial score (nSPS) is 11.8. The Morgan fingerprint density at radius 2 is 0.846 bits per heavy atom. The van der Waals surface area contributed by atoms with Crippen LogP contribution in [0.4, 0.5) is 0 Å². The molecule has 0 unspecified atom stereocenters. The number of hydrogen-bond acceptors (Lipinski definition) is 4. The molecule has 0 saturated heterocycles. The lowest BCUT2D eigenvalue weighted by molar-refractivity contribution is 0.00476. The van der Waals surface area contributed by atoms with Gasteiger partial charge in [0, 0.05) is 27.4 Å². The van der Waals surface area contributed by atoms with Crippen LogP contribution in [0.25, 0.3) is 0 Å². The minimum atomic E-state index is -0.848. The van der Waals surface area contributed by atoms with Crippen LogP contribution < -0.4 is 0 Å². The molecule has 0 radical (unpaired) electrons. The molecule has 26 heavy (non-hydrogen) atoms. The molecule has 0 amide bonds. The highest BCUT2D eigenvalue weighted by Crippen LogP contribution is 2.14. The Kier molecular flexibility index (Phi) is 18.8. The van der Waals surface area contributed by atoms with Crippen molar-refractivity contribution in [2.45, 2.75) is 101 Å². The first-order valence-electron chi connectivity index (χ1n) is 10.4. The van der Waals surface area contributed by atoms with Crippen molar-refractivity contribution in [3.63, 3.8) is 0 Å². The van der Waals surface area contributed by atoms with E-state index in [9.17, 15) is 0 Å². The molecule has 0 atom stereocenters. The minimum absolute atomic E-state index is 0.0273. The molecule has 0 aliphatic carbocycles. The summed E-state index contributed by atoms with van der Waals surface area (Å²) in [4.78, 5) is 0. The van der Waals surface area contributed by atoms with E-state index < -0.39 is 29.0 Å². The van der Waals surface area contributed by atoms with Crippen molar-refractivity contribution in [3.8, 4) is 0 Å². The summed E-state index contributed by atoms with van der Waals surface area (Å²) >= 11 is -1.70. The third kappa shape index (κ3) is 17.0. The molecular weight excluding hydrogens is 358 g/mol. The van der Waals surface area contributed by atoms with Crippen LogP contribution in [-0.4, -0.2) is 67.6 Å². The summed E-state index contributed by atoms with van der Waals surface area (Å²) in [5, 5.41) is 4.96. The van der Waals surface area contributed by atoms with Crippen LogP contribution >= 0.6 is 0 Å². The average molecular weight is 405 g/mol. The van der Waals surface area contributed by atoms with E-state index in [-0.39, 0.29) is 11.2 Å². The van der Waals surface area contributed by atoms with Gasteiger partial charge in [0.1, 0.15) is 0 Å². The van der Waals surface area contributed by atoms with Gasteiger partial charge < -0.3 is 17.1 Å². The Morgan fingerprint density at radius 1 is 0.577 bits per heavy atom. The summed E-state index contributed by atoms with van der Waals surface area (Å²) in [6.45, 7) is 19.0. The molecule has 0 aromatic carbocycles. The number of hydrogen-bond donors (Lipinski definition) is 0. The molecule has 0 aromatic rings. The summed E-state index contributed by atoms with van der Waals surface area (Å²) in [6, 6.07) is 0. The summed E-state index contributed by atoms with van der Waals surface area (Å²) in [6.07, 6.45) is 1.99. The van der Waals surface area contributed by atoms with Crippen molar-refractivity contribution in [2.24, 2.45) is 0 Å². The third-order valence-corrected chi connectivity index (χ3v) is 10.1. The van der Waals surface area contributed by atoms with Crippen LogP contribution in [0.1, 0.15) is 68.2 Å². The maximum Gasteiger partial charge on any atom is 0.460 e. The quantitative estimate of drug-likeness (QED) is 0.348. The van der Waals surface area contributed by atoms with E-state index in [2.05, 4.69) is 55.4 Å². The van der Waals surface area contributed by atoms with Gasteiger partial charge in [-0.25, -0.2) is 0 Å². The van der Waals surface area contributed by atoms with Crippen LogP contribution in [0.2, 0.25) is 21.1 Å². The Balaban J connectivity index is 0. The molecule has 0 aromatic heterocycles. The molecule has 0 N–H and O–H groups in total. The van der Waals surface area contributed by atoms with Gasteiger partial charge in [0.05, 0.1) is 11.2 Å². The zero-order chi connectivity index (χ0) is 20.6. The van der Waals surface area contributed by atoms with Crippen molar-refractivity contribution in [1.82, 2.24) is 0 Å². The van der Waals surface area contributed by atoms with E-state index in [1.165, 1.54) is 21.1 Å². The second-order valence-corrected chi connectivity index (χ2v) is 14.5. The summed E-state index contributed by atoms with van der Waals surface area (Å²) in [5.74, 6) is 0. The van der Waals surface area contributed by atoms with E-state index in [4.69, 9.17) is 17.1 Å². The molecule has 156 valence electrons. The van der Waals surface area contributed by atoms with Crippen LogP contribution in [0, 0.1) is 0 Å². The van der Waals surface area contributed by atoms with Crippen molar-refractivity contribution in [1.29, 1.82) is 0 Å². The Hall–Kier alpha value is 0.905. The van der Waals surface area contributed by atoms with Gasteiger partial charge in [-0.2, -0.15) is 0 Å². The molecule has 0 rings (SSSR count). The lowest BCUT2D eigenvalue weighted by atomic mass is 10.1. The summed E-state index contributed by atoms with van der Waals surface area (Å²) in [7, 11) is 3.52.